The number of carbonyl (C=O) groups excluding carboxylic acids is 3. The normalized spacial score (nSPS) is 15.8. The van der Waals surface area contributed by atoms with Crippen LogP contribution in [0, 0.1) is 0 Å². The van der Waals surface area contributed by atoms with Gasteiger partial charge in [0.15, 0.2) is 0 Å². The van der Waals surface area contributed by atoms with Crippen LogP contribution in [0.5, 0.6) is 0 Å². The van der Waals surface area contributed by atoms with Crippen LogP contribution in [0.3, 0.4) is 0 Å². The predicted octanol–water partition coefficient (Wildman–Crippen LogP) is 3.13. The van der Waals surface area contributed by atoms with E-state index in [1.54, 1.807) is 42.6 Å². The van der Waals surface area contributed by atoms with Crippen molar-refractivity contribution in [2.45, 2.75) is 31.4 Å². The Kier molecular flexibility index (Phi) is 6.13. The third kappa shape index (κ3) is 4.32. The lowest BCUT2D eigenvalue weighted by Gasteiger charge is -2.15. The highest BCUT2D eigenvalue weighted by atomic mass is 32.2. The van der Waals surface area contributed by atoms with Gasteiger partial charge in [-0.05, 0) is 49.4 Å². The van der Waals surface area contributed by atoms with Crippen molar-refractivity contribution in [3.8, 4) is 0 Å². The summed E-state index contributed by atoms with van der Waals surface area (Å²) in [6.07, 6.45) is 4.21. The standard InChI is InChI=1S/C23H23N5O4S2/c1-27-10-19(30)28(23(27)32)14-6-4-5-13(9-14)24-18(29)12-33-11-17-25-21(31)20-15-7-2-3-8-16(15)34-22(20)26-17/h4-6,9H,2-3,7-8,10-12H2,1H3,(H,24,29)(H,25,26,31). The lowest BCUT2D eigenvalue weighted by Crippen LogP contribution is -2.31. The highest BCUT2D eigenvalue weighted by Crippen LogP contribution is 2.33. The van der Waals surface area contributed by atoms with Crippen molar-refractivity contribution in [3.63, 3.8) is 0 Å². The Labute approximate surface area is 203 Å². The molecule has 1 aliphatic carbocycles. The summed E-state index contributed by atoms with van der Waals surface area (Å²) in [5.41, 5.74) is 1.97. The number of hydrogen-bond acceptors (Lipinski definition) is 7. The van der Waals surface area contributed by atoms with E-state index in [9.17, 15) is 19.2 Å². The number of carbonyl (C=O) groups is 3. The van der Waals surface area contributed by atoms with Crippen LogP contribution < -0.4 is 15.8 Å². The van der Waals surface area contributed by atoms with Crippen molar-refractivity contribution >= 4 is 62.5 Å². The molecule has 1 fully saturated rings. The van der Waals surface area contributed by atoms with E-state index in [0.29, 0.717) is 23.0 Å². The minimum atomic E-state index is -0.394. The van der Waals surface area contributed by atoms with Gasteiger partial charge in [0.25, 0.3) is 11.5 Å². The van der Waals surface area contributed by atoms with Crippen LogP contribution in [0.25, 0.3) is 10.2 Å². The Balaban J connectivity index is 1.20. The molecule has 1 saturated heterocycles. The number of thioether (sulfide) groups is 1. The Bertz CT molecular complexity index is 1370. The number of aromatic amines is 1. The zero-order valence-corrected chi connectivity index (χ0v) is 20.2. The number of imide groups is 1. The molecule has 0 unspecified atom stereocenters. The highest BCUT2D eigenvalue weighted by molar-refractivity contribution is 7.99. The van der Waals surface area contributed by atoms with E-state index in [2.05, 4.69) is 15.3 Å². The number of aryl methyl sites for hydroxylation is 2. The zero-order valence-electron chi connectivity index (χ0n) is 18.6. The first-order valence-corrected chi connectivity index (χ1v) is 13.0. The molecule has 34 heavy (non-hydrogen) atoms. The summed E-state index contributed by atoms with van der Waals surface area (Å²) in [6, 6.07) is 6.24. The molecule has 5 rings (SSSR count). The molecule has 0 saturated carbocycles. The largest absolute Gasteiger partial charge is 0.331 e. The Morgan fingerprint density at radius 2 is 2.06 bits per heavy atom. The molecular formula is C23H23N5O4S2. The molecule has 0 spiro atoms. The zero-order chi connectivity index (χ0) is 23.8. The van der Waals surface area contributed by atoms with Gasteiger partial charge in [-0.2, -0.15) is 0 Å². The average Bonchev–Trinajstić information content (AvgIpc) is 3.30. The number of anilines is 2. The third-order valence-corrected chi connectivity index (χ3v) is 8.00. The first-order valence-electron chi connectivity index (χ1n) is 11.0. The van der Waals surface area contributed by atoms with Gasteiger partial charge in [-0.1, -0.05) is 6.07 Å². The van der Waals surface area contributed by atoms with Crippen LogP contribution in [-0.2, 0) is 28.2 Å². The van der Waals surface area contributed by atoms with Crippen molar-refractivity contribution in [1.82, 2.24) is 14.9 Å². The number of urea groups is 1. The lowest BCUT2D eigenvalue weighted by atomic mass is 9.97. The molecular weight excluding hydrogens is 474 g/mol. The highest BCUT2D eigenvalue weighted by Gasteiger charge is 2.34. The molecule has 9 nitrogen and oxygen atoms in total. The van der Waals surface area contributed by atoms with Gasteiger partial charge < -0.3 is 15.2 Å². The average molecular weight is 498 g/mol. The smallest absolute Gasteiger partial charge is 0.325 e. The summed E-state index contributed by atoms with van der Waals surface area (Å²) >= 11 is 2.96. The maximum Gasteiger partial charge on any atom is 0.331 e. The molecule has 11 heteroatoms. The Morgan fingerprint density at radius 3 is 2.85 bits per heavy atom. The van der Waals surface area contributed by atoms with E-state index in [1.807, 2.05) is 0 Å². The number of fused-ring (bicyclic) bond motifs is 3. The van der Waals surface area contributed by atoms with Gasteiger partial charge in [-0.15, -0.1) is 23.1 Å². The Hall–Kier alpha value is -3.18. The molecule has 0 bridgehead atoms. The molecule has 3 aromatic rings. The van der Waals surface area contributed by atoms with Crippen LogP contribution >= 0.6 is 23.1 Å². The van der Waals surface area contributed by atoms with E-state index in [4.69, 9.17) is 0 Å². The molecule has 1 aromatic carbocycles. The number of nitrogens with zero attached hydrogens (tertiary/aromatic N) is 3. The summed E-state index contributed by atoms with van der Waals surface area (Å²) in [5, 5.41) is 3.52. The molecule has 4 amide bonds. The summed E-state index contributed by atoms with van der Waals surface area (Å²) in [4.78, 5) is 61.4. The molecule has 0 radical (unpaired) electrons. The maximum absolute atomic E-state index is 12.6. The molecule has 2 N–H and O–H groups in total. The molecule has 0 atom stereocenters. The molecule has 176 valence electrons. The number of nitrogens with one attached hydrogen (secondary N) is 2. The quantitative estimate of drug-likeness (QED) is 0.506. The minimum absolute atomic E-state index is 0.0298. The van der Waals surface area contributed by atoms with E-state index >= 15 is 0 Å². The van der Waals surface area contributed by atoms with Crippen LogP contribution in [0.4, 0.5) is 16.2 Å². The van der Waals surface area contributed by atoms with Gasteiger partial charge in [-0.3, -0.25) is 14.4 Å². The van der Waals surface area contributed by atoms with E-state index in [1.165, 1.54) is 21.5 Å². The SMILES string of the molecule is CN1CC(=O)N(c2cccc(NC(=O)CSCc3nc4sc5c(c4c(=O)[nH]3)CCCC5)c2)C1=O. The van der Waals surface area contributed by atoms with Crippen molar-refractivity contribution in [2.75, 3.05) is 29.6 Å². The van der Waals surface area contributed by atoms with E-state index in [0.717, 1.165) is 46.4 Å². The van der Waals surface area contributed by atoms with Gasteiger partial charge in [-0.25, -0.2) is 14.7 Å². The minimum Gasteiger partial charge on any atom is -0.325 e. The molecule has 3 heterocycles. The van der Waals surface area contributed by atoms with Gasteiger partial charge in [0.2, 0.25) is 5.91 Å². The monoisotopic (exact) mass is 497 g/mol. The van der Waals surface area contributed by atoms with Gasteiger partial charge in [0.05, 0.1) is 22.6 Å². The number of thiophene rings is 1. The number of likely N-dealkylation sites (N-methyl/N-ethyl adjacent to an activating group) is 1. The first kappa shape index (κ1) is 22.6. The number of hydrogen-bond donors (Lipinski definition) is 2. The summed E-state index contributed by atoms with van der Waals surface area (Å²) in [6.45, 7) is 0.0298. The van der Waals surface area contributed by atoms with Crippen LogP contribution in [0.2, 0.25) is 0 Å². The van der Waals surface area contributed by atoms with Crippen molar-refractivity contribution in [3.05, 3.63) is 50.9 Å². The van der Waals surface area contributed by atoms with Crippen LogP contribution in [0.15, 0.2) is 29.1 Å². The van der Waals surface area contributed by atoms with E-state index < -0.39 is 6.03 Å². The second-order valence-electron chi connectivity index (χ2n) is 8.36. The second kappa shape index (κ2) is 9.22. The molecule has 2 aromatic heterocycles. The van der Waals surface area contributed by atoms with Crippen molar-refractivity contribution < 1.29 is 14.4 Å². The third-order valence-electron chi connectivity index (χ3n) is 5.87. The summed E-state index contributed by atoms with van der Waals surface area (Å²) in [7, 11) is 1.57. The molecule has 1 aliphatic heterocycles. The Morgan fingerprint density at radius 1 is 1.24 bits per heavy atom. The number of aromatic nitrogens is 2. The number of amides is 4. The van der Waals surface area contributed by atoms with Crippen molar-refractivity contribution in [2.24, 2.45) is 0 Å². The number of benzene rings is 1. The van der Waals surface area contributed by atoms with Crippen LogP contribution in [-0.4, -0.2) is 52.1 Å². The fraction of sp³-hybridized carbons (Fsp3) is 0.348. The van der Waals surface area contributed by atoms with E-state index in [-0.39, 0.29) is 29.7 Å². The van der Waals surface area contributed by atoms with Gasteiger partial charge in [0, 0.05) is 17.6 Å². The number of rotatable bonds is 6. The number of H-pyrrole nitrogens is 1. The maximum atomic E-state index is 12.6. The second-order valence-corrected chi connectivity index (χ2v) is 10.4. The van der Waals surface area contributed by atoms with Gasteiger partial charge in [0.1, 0.15) is 17.2 Å². The van der Waals surface area contributed by atoms with Gasteiger partial charge >= 0.3 is 6.03 Å². The topological polar surface area (TPSA) is 115 Å². The van der Waals surface area contributed by atoms with Crippen LogP contribution in [0.1, 0.15) is 29.1 Å². The fourth-order valence-electron chi connectivity index (χ4n) is 4.31. The first-order chi connectivity index (χ1) is 16.4. The summed E-state index contributed by atoms with van der Waals surface area (Å²) in [5.74, 6) is 0.595. The lowest BCUT2D eigenvalue weighted by molar-refractivity contribution is -0.116. The predicted molar refractivity (Wildman–Crippen MR) is 134 cm³/mol. The molecule has 2 aliphatic rings. The van der Waals surface area contributed by atoms with Crippen molar-refractivity contribution in [1.29, 1.82) is 0 Å². The fourth-order valence-corrected chi connectivity index (χ4v) is 6.28. The summed E-state index contributed by atoms with van der Waals surface area (Å²) < 4.78 is 0.